The van der Waals surface area contributed by atoms with Crippen LogP contribution in [0.2, 0.25) is 0 Å². The lowest BCUT2D eigenvalue weighted by molar-refractivity contribution is 0.682. The van der Waals surface area contributed by atoms with Gasteiger partial charge in [0.05, 0.1) is 5.69 Å². The van der Waals surface area contributed by atoms with Crippen LogP contribution in [0.1, 0.15) is 12.5 Å². The molecule has 0 aliphatic rings. The van der Waals surface area contributed by atoms with Crippen molar-refractivity contribution in [2.45, 2.75) is 19.9 Å². The standard InChI is InChI=1S/C15H19BrN4/c1-10-4-5-12(16)8-13(10)14-6-7-15(19-18-14)20(3)11(2)9-17/h4-8,11H,9,17H2,1-3H3. The third-order valence-electron chi connectivity index (χ3n) is 3.49. The van der Waals surface area contributed by atoms with Gasteiger partial charge in [0.2, 0.25) is 0 Å². The maximum Gasteiger partial charge on any atom is 0.151 e. The Bertz CT molecular complexity index is 583. The van der Waals surface area contributed by atoms with E-state index in [1.165, 1.54) is 5.56 Å². The normalized spacial score (nSPS) is 12.2. The monoisotopic (exact) mass is 334 g/mol. The number of aryl methyl sites for hydroxylation is 1. The number of hydrogen-bond donors (Lipinski definition) is 1. The fourth-order valence-electron chi connectivity index (χ4n) is 1.91. The van der Waals surface area contributed by atoms with Gasteiger partial charge in [-0.25, -0.2) is 0 Å². The number of rotatable bonds is 4. The Morgan fingerprint density at radius 3 is 2.60 bits per heavy atom. The van der Waals surface area contributed by atoms with Crippen molar-refractivity contribution in [3.05, 3.63) is 40.4 Å². The van der Waals surface area contributed by atoms with Gasteiger partial charge in [-0.2, -0.15) is 0 Å². The third kappa shape index (κ3) is 3.16. The molecule has 4 nitrogen and oxygen atoms in total. The van der Waals surface area contributed by atoms with Gasteiger partial charge in [0.25, 0.3) is 0 Å². The number of anilines is 1. The highest BCUT2D eigenvalue weighted by Gasteiger charge is 2.11. The highest BCUT2D eigenvalue weighted by Crippen LogP contribution is 2.25. The van der Waals surface area contributed by atoms with Crippen molar-refractivity contribution < 1.29 is 0 Å². The highest BCUT2D eigenvalue weighted by atomic mass is 79.9. The molecule has 0 fully saturated rings. The summed E-state index contributed by atoms with van der Waals surface area (Å²) in [5.74, 6) is 0.833. The van der Waals surface area contributed by atoms with Crippen LogP contribution < -0.4 is 10.6 Å². The van der Waals surface area contributed by atoms with Gasteiger partial charge in [0, 0.05) is 29.7 Å². The van der Waals surface area contributed by atoms with E-state index in [1.54, 1.807) is 0 Å². The molecule has 20 heavy (non-hydrogen) atoms. The molecule has 2 aromatic rings. The minimum atomic E-state index is 0.239. The Hall–Kier alpha value is -1.46. The van der Waals surface area contributed by atoms with Gasteiger partial charge in [-0.15, -0.1) is 10.2 Å². The number of halogens is 1. The molecule has 1 aromatic carbocycles. The molecule has 106 valence electrons. The van der Waals surface area contributed by atoms with Crippen molar-refractivity contribution in [2.24, 2.45) is 5.73 Å². The van der Waals surface area contributed by atoms with Crippen LogP contribution in [-0.4, -0.2) is 29.8 Å². The van der Waals surface area contributed by atoms with E-state index in [-0.39, 0.29) is 6.04 Å². The summed E-state index contributed by atoms with van der Waals surface area (Å²) in [7, 11) is 1.98. The smallest absolute Gasteiger partial charge is 0.151 e. The molecule has 0 spiro atoms. The Labute approximate surface area is 128 Å². The van der Waals surface area contributed by atoms with Crippen molar-refractivity contribution in [1.82, 2.24) is 10.2 Å². The summed E-state index contributed by atoms with van der Waals surface area (Å²) < 4.78 is 1.04. The van der Waals surface area contributed by atoms with E-state index < -0.39 is 0 Å². The zero-order valence-corrected chi connectivity index (χ0v) is 13.6. The van der Waals surface area contributed by atoms with Crippen LogP contribution >= 0.6 is 15.9 Å². The number of nitrogens with zero attached hydrogens (tertiary/aromatic N) is 3. The second-order valence-corrected chi connectivity index (χ2v) is 5.85. The van der Waals surface area contributed by atoms with Crippen molar-refractivity contribution in [3.8, 4) is 11.3 Å². The number of aromatic nitrogens is 2. The van der Waals surface area contributed by atoms with Crippen LogP contribution in [0.3, 0.4) is 0 Å². The predicted octanol–water partition coefficient (Wildman–Crippen LogP) is 3.00. The zero-order valence-electron chi connectivity index (χ0n) is 12.0. The first kappa shape index (κ1) is 14.9. The molecular weight excluding hydrogens is 316 g/mol. The van der Waals surface area contributed by atoms with Crippen LogP contribution in [-0.2, 0) is 0 Å². The molecule has 0 radical (unpaired) electrons. The van der Waals surface area contributed by atoms with E-state index in [2.05, 4.69) is 52.1 Å². The molecule has 0 amide bonds. The molecule has 1 unspecified atom stereocenters. The molecule has 2 rings (SSSR count). The van der Waals surface area contributed by atoms with E-state index >= 15 is 0 Å². The predicted molar refractivity (Wildman–Crippen MR) is 86.8 cm³/mol. The molecule has 0 saturated heterocycles. The highest BCUT2D eigenvalue weighted by molar-refractivity contribution is 9.10. The fourth-order valence-corrected chi connectivity index (χ4v) is 2.27. The van der Waals surface area contributed by atoms with Gasteiger partial charge >= 0.3 is 0 Å². The number of nitrogens with two attached hydrogens (primary N) is 1. The van der Waals surface area contributed by atoms with Crippen molar-refractivity contribution in [1.29, 1.82) is 0 Å². The van der Waals surface area contributed by atoms with Crippen LogP contribution in [0.15, 0.2) is 34.8 Å². The van der Waals surface area contributed by atoms with Gasteiger partial charge in [-0.3, -0.25) is 0 Å². The molecule has 0 aliphatic carbocycles. The maximum atomic E-state index is 5.67. The lowest BCUT2D eigenvalue weighted by Gasteiger charge is -2.24. The van der Waals surface area contributed by atoms with Crippen molar-refractivity contribution in [2.75, 3.05) is 18.5 Å². The Morgan fingerprint density at radius 1 is 1.25 bits per heavy atom. The Kier molecular flexibility index (Phi) is 4.73. The SMILES string of the molecule is Cc1ccc(Br)cc1-c1ccc(N(C)C(C)CN)nn1. The van der Waals surface area contributed by atoms with E-state index in [0.717, 1.165) is 21.5 Å². The van der Waals surface area contributed by atoms with Gasteiger partial charge in [-0.1, -0.05) is 22.0 Å². The lowest BCUT2D eigenvalue weighted by Crippen LogP contribution is -2.35. The first-order valence-electron chi connectivity index (χ1n) is 6.56. The lowest BCUT2D eigenvalue weighted by atomic mass is 10.1. The van der Waals surface area contributed by atoms with E-state index in [0.29, 0.717) is 6.54 Å². The zero-order chi connectivity index (χ0) is 14.7. The first-order valence-corrected chi connectivity index (χ1v) is 7.35. The van der Waals surface area contributed by atoms with E-state index in [4.69, 9.17) is 5.73 Å². The van der Waals surface area contributed by atoms with Crippen LogP contribution in [0.4, 0.5) is 5.82 Å². The third-order valence-corrected chi connectivity index (χ3v) is 3.98. The van der Waals surface area contributed by atoms with Gasteiger partial charge in [-0.05, 0) is 43.7 Å². The minimum Gasteiger partial charge on any atom is -0.354 e. The second-order valence-electron chi connectivity index (χ2n) is 4.93. The Morgan fingerprint density at radius 2 is 2.00 bits per heavy atom. The topological polar surface area (TPSA) is 55.0 Å². The number of likely N-dealkylation sites (N-methyl/N-ethyl adjacent to an activating group) is 1. The molecule has 0 aliphatic heterocycles. The largest absolute Gasteiger partial charge is 0.354 e. The van der Waals surface area contributed by atoms with Gasteiger partial charge in [0.1, 0.15) is 0 Å². The summed E-state index contributed by atoms with van der Waals surface area (Å²) in [6, 6.07) is 10.4. The van der Waals surface area contributed by atoms with Crippen LogP contribution in [0, 0.1) is 6.92 Å². The minimum absolute atomic E-state index is 0.239. The first-order chi connectivity index (χ1) is 9.52. The van der Waals surface area contributed by atoms with Crippen molar-refractivity contribution in [3.63, 3.8) is 0 Å². The van der Waals surface area contributed by atoms with Crippen molar-refractivity contribution >= 4 is 21.7 Å². The van der Waals surface area contributed by atoms with E-state index in [9.17, 15) is 0 Å². The molecule has 0 bridgehead atoms. The molecule has 1 heterocycles. The summed E-state index contributed by atoms with van der Waals surface area (Å²) in [5, 5.41) is 8.64. The summed E-state index contributed by atoms with van der Waals surface area (Å²) in [6.07, 6.45) is 0. The van der Waals surface area contributed by atoms with E-state index in [1.807, 2.05) is 30.1 Å². The summed E-state index contributed by atoms with van der Waals surface area (Å²) in [6.45, 7) is 4.72. The van der Waals surface area contributed by atoms with Gasteiger partial charge < -0.3 is 10.6 Å². The Balaban J connectivity index is 2.30. The second kappa shape index (κ2) is 6.33. The average molecular weight is 335 g/mol. The average Bonchev–Trinajstić information content (AvgIpc) is 2.48. The summed E-state index contributed by atoms with van der Waals surface area (Å²) in [4.78, 5) is 2.03. The molecule has 2 N–H and O–H groups in total. The molecule has 0 saturated carbocycles. The van der Waals surface area contributed by atoms with Crippen LogP contribution in [0.25, 0.3) is 11.3 Å². The fraction of sp³-hybridized carbons (Fsp3) is 0.333. The van der Waals surface area contributed by atoms with Gasteiger partial charge in [0.15, 0.2) is 5.82 Å². The quantitative estimate of drug-likeness (QED) is 0.933. The summed E-state index contributed by atoms with van der Waals surface area (Å²) in [5.41, 5.74) is 8.82. The maximum absolute atomic E-state index is 5.67. The molecule has 1 aromatic heterocycles. The number of hydrogen-bond acceptors (Lipinski definition) is 4. The van der Waals surface area contributed by atoms with Crippen LogP contribution in [0.5, 0.6) is 0 Å². The number of benzene rings is 1. The molecular formula is C15H19BrN4. The molecule has 5 heteroatoms. The molecule has 1 atom stereocenters. The summed E-state index contributed by atoms with van der Waals surface area (Å²) >= 11 is 3.49.